The van der Waals surface area contributed by atoms with Crippen molar-refractivity contribution in [3.8, 4) is 5.75 Å². The topological polar surface area (TPSA) is 79.9 Å². The number of benzene rings is 2. The van der Waals surface area contributed by atoms with Gasteiger partial charge in [0.2, 0.25) is 0 Å². The summed E-state index contributed by atoms with van der Waals surface area (Å²) >= 11 is 0. The van der Waals surface area contributed by atoms with E-state index in [1.165, 1.54) is 33.7 Å². The first-order valence-corrected chi connectivity index (χ1v) is 10.2. The molecule has 0 atom stereocenters. The van der Waals surface area contributed by atoms with Crippen molar-refractivity contribution >= 4 is 17.4 Å². The summed E-state index contributed by atoms with van der Waals surface area (Å²) in [6.07, 6.45) is 3.19. The van der Waals surface area contributed by atoms with E-state index in [1.807, 2.05) is 6.07 Å². The number of anilines is 1. The van der Waals surface area contributed by atoms with E-state index in [0.29, 0.717) is 6.42 Å². The van der Waals surface area contributed by atoms with Crippen LogP contribution in [0.25, 0.3) is 0 Å². The number of phenolic OH excluding ortho intramolecular Hbond substituents is 1. The Balaban J connectivity index is 1.29. The number of hydrogen-bond donors (Lipinski definition) is 2. The lowest BCUT2D eigenvalue weighted by Gasteiger charge is -2.33. The Hall–Kier alpha value is -3.45. The zero-order chi connectivity index (χ0) is 20.9. The van der Waals surface area contributed by atoms with Gasteiger partial charge in [0.15, 0.2) is 5.78 Å². The van der Waals surface area contributed by atoms with Crippen LogP contribution in [0.3, 0.4) is 0 Å². The highest BCUT2D eigenvalue weighted by Gasteiger charge is 2.22. The average molecular weight is 405 g/mol. The molecule has 2 heterocycles. The van der Waals surface area contributed by atoms with Crippen LogP contribution in [0.15, 0.2) is 67.0 Å². The largest absolute Gasteiger partial charge is 0.507 e. The lowest BCUT2D eigenvalue weighted by Crippen LogP contribution is -3.15. The normalized spacial score (nSPS) is 14.6. The molecule has 2 aromatic carbocycles. The highest BCUT2D eigenvalue weighted by atomic mass is 16.3. The fourth-order valence-electron chi connectivity index (χ4n) is 3.77. The molecule has 0 unspecified atom stereocenters. The molecule has 0 saturated carbocycles. The minimum atomic E-state index is -0.352. The highest BCUT2D eigenvalue weighted by Crippen LogP contribution is 2.19. The Labute approximate surface area is 175 Å². The van der Waals surface area contributed by atoms with Gasteiger partial charge in [0, 0.05) is 11.9 Å². The van der Waals surface area contributed by atoms with Gasteiger partial charge >= 0.3 is 0 Å². The second-order valence-electron chi connectivity index (χ2n) is 7.49. The summed E-state index contributed by atoms with van der Waals surface area (Å²) in [6.45, 7) is 4.64. The summed E-state index contributed by atoms with van der Waals surface area (Å²) in [5.74, 6) is -0.570. The van der Waals surface area contributed by atoms with E-state index in [2.05, 4.69) is 34.3 Å². The molecule has 1 aliphatic rings. The number of hydrogen-bond acceptors (Lipinski definition) is 5. The molecule has 7 heteroatoms. The quantitative estimate of drug-likeness (QED) is 0.604. The Morgan fingerprint density at radius 3 is 2.43 bits per heavy atom. The summed E-state index contributed by atoms with van der Waals surface area (Å²) < 4.78 is 1.23. The van der Waals surface area contributed by atoms with Gasteiger partial charge in [-0.3, -0.25) is 9.59 Å². The van der Waals surface area contributed by atoms with E-state index in [4.69, 9.17) is 0 Å². The molecule has 2 N–H and O–H groups in total. The van der Waals surface area contributed by atoms with Crippen molar-refractivity contribution in [1.82, 2.24) is 9.78 Å². The van der Waals surface area contributed by atoms with Gasteiger partial charge in [0.25, 0.3) is 5.91 Å². The fraction of sp³-hybridized carbons (Fsp3) is 0.261. The molecule has 1 aliphatic heterocycles. The van der Waals surface area contributed by atoms with Crippen molar-refractivity contribution in [3.63, 3.8) is 0 Å². The lowest BCUT2D eigenvalue weighted by molar-refractivity contribution is -0.899. The second-order valence-corrected chi connectivity index (χ2v) is 7.49. The fourth-order valence-corrected chi connectivity index (χ4v) is 3.77. The molecular formula is C23H25N4O3+. The Kier molecular flexibility index (Phi) is 5.90. The monoisotopic (exact) mass is 405 g/mol. The molecule has 0 amide bonds. The number of aromatic nitrogens is 2. The maximum atomic E-state index is 12.5. The van der Waals surface area contributed by atoms with Crippen molar-refractivity contribution in [3.05, 3.63) is 78.1 Å². The van der Waals surface area contributed by atoms with Crippen LogP contribution in [-0.4, -0.2) is 59.3 Å². The number of nitrogens with one attached hydrogen (secondary N) is 1. The lowest BCUT2D eigenvalue weighted by atomic mass is 10.1. The van der Waals surface area contributed by atoms with Gasteiger partial charge in [-0.15, -0.1) is 0 Å². The van der Waals surface area contributed by atoms with Crippen molar-refractivity contribution < 1.29 is 19.6 Å². The van der Waals surface area contributed by atoms with Crippen LogP contribution >= 0.6 is 0 Å². The average Bonchev–Trinajstić information content (AvgIpc) is 3.29. The smallest absolute Gasteiger partial charge is 0.252 e. The number of phenols is 1. The molecule has 0 aliphatic carbocycles. The molecule has 0 bridgehead atoms. The number of nitrogens with zero attached hydrogens (tertiary/aromatic N) is 3. The van der Waals surface area contributed by atoms with Crippen LogP contribution in [0.5, 0.6) is 5.75 Å². The third kappa shape index (κ3) is 4.41. The third-order valence-corrected chi connectivity index (χ3v) is 5.53. The molecular weight excluding hydrogens is 380 g/mol. The van der Waals surface area contributed by atoms with Crippen molar-refractivity contribution in [2.24, 2.45) is 0 Å². The molecule has 1 aromatic heterocycles. The van der Waals surface area contributed by atoms with Gasteiger partial charge in [0.05, 0.1) is 56.5 Å². The molecule has 0 radical (unpaired) electrons. The van der Waals surface area contributed by atoms with Gasteiger partial charge in [-0.05, 0) is 24.3 Å². The van der Waals surface area contributed by atoms with Crippen molar-refractivity contribution in [1.29, 1.82) is 0 Å². The Bertz CT molecular complexity index is 1020. The van der Waals surface area contributed by atoms with Crippen LogP contribution in [0, 0.1) is 0 Å². The van der Waals surface area contributed by atoms with Crippen LogP contribution in [0.2, 0.25) is 0 Å². The second kappa shape index (κ2) is 8.92. The Morgan fingerprint density at radius 1 is 1.00 bits per heavy atom. The number of aromatic hydroxyl groups is 1. The number of para-hydroxylation sites is 2. The van der Waals surface area contributed by atoms with E-state index in [1.54, 1.807) is 18.2 Å². The molecule has 0 spiro atoms. The summed E-state index contributed by atoms with van der Waals surface area (Å²) in [7, 11) is 0. The minimum absolute atomic E-state index is 0.0835. The zero-order valence-electron chi connectivity index (χ0n) is 16.7. The van der Waals surface area contributed by atoms with Gasteiger partial charge in [-0.25, -0.2) is 4.68 Å². The Morgan fingerprint density at radius 2 is 1.70 bits per heavy atom. The molecule has 30 heavy (non-hydrogen) atoms. The van der Waals surface area contributed by atoms with E-state index in [9.17, 15) is 14.7 Å². The predicted molar refractivity (Wildman–Crippen MR) is 113 cm³/mol. The van der Waals surface area contributed by atoms with Crippen LogP contribution in [0.4, 0.5) is 5.69 Å². The maximum Gasteiger partial charge on any atom is 0.252 e. The van der Waals surface area contributed by atoms with Gasteiger partial charge in [-0.1, -0.05) is 30.3 Å². The number of carbonyl (C=O) groups is 2. The van der Waals surface area contributed by atoms with E-state index in [0.717, 1.165) is 32.7 Å². The minimum Gasteiger partial charge on any atom is -0.507 e. The van der Waals surface area contributed by atoms with E-state index in [-0.39, 0.29) is 28.6 Å². The third-order valence-electron chi connectivity index (χ3n) is 5.53. The van der Waals surface area contributed by atoms with Gasteiger partial charge < -0.3 is 14.9 Å². The summed E-state index contributed by atoms with van der Waals surface area (Å²) in [5.41, 5.74) is 1.73. The molecule has 1 saturated heterocycles. The molecule has 154 valence electrons. The first kappa shape index (κ1) is 19.8. The molecule has 1 fully saturated rings. The molecule has 7 nitrogen and oxygen atoms in total. The van der Waals surface area contributed by atoms with E-state index >= 15 is 0 Å². The maximum absolute atomic E-state index is 12.5. The number of ketones is 1. The van der Waals surface area contributed by atoms with Crippen LogP contribution in [0.1, 0.15) is 27.1 Å². The summed E-state index contributed by atoms with van der Waals surface area (Å²) in [4.78, 5) is 28.8. The summed E-state index contributed by atoms with van der Waals surface area (Å²) in [6, 6.07) is 16.7. The summed E-state index contributed by atoms with van der Waals surface area (Å²) in [5, 5.41) is 13.9. The van der Waals surface area contributed by atoms with Crippen LogP contribution in [-0.2, 0) is 0 Å². The van der Waals surface area contributed by atoms with Gasteiger partial charge in [-0.2, -0.15) is 5.10 Å². The molecule has 4 rings (SSSR count). The van der Waals surface area contributed by atoms with Crippen LogP contribution < -0.4 is 9.80 Å². The number of quaternary nitrogens is 1. The van der Waals surface area contributed by atoms with Crippen molar-refractivity contribution in [2.45, 2.75) is 6.42 Å². The zero-order valence-corrected chi connectivity index (χ0v) is 16.7. The number of carbonyl (C=O) groups excluding carboxylic acids is 2. The first-order valence-electron chi connectivity index (χ1n) is 10.2. The van der Waals surface area contributed by atoms with Gasteiger partial charge in [0.1, 0.15) is 5.75 Å². The van der Waals surface area contributed by atoms with E-state index < -0.39 is 0 Å². The predicted octanol–water partition coefficient (Wildman–Crippen LogP) is 1.26. The highest BCUT2D eigenvalue weighted by molar-refractivity contribution is 6.10. The number of rotatable bonds is 6. The van der Waals surface area contributed by atoms with Crippen molar-refractivity contribution in [2.75, 3.05) is 37.6 Å². The SMILES string of the molecule is O=C(c1cnn(C(=O)CC[NH+]2CCN(c3ccccc3)CC2)c1)c1ccccc1O. The number of piperazine rings is 1. The standard InChI is InChI=1S/C23H24N4O3/c28-21-9-5-4-8-20(21)23(30)18-16-24-27(17-18)22(29)10-11-25-12-14-26(15-13-25)19-6-2-1-3-7-19/h1-9,16-17,28H,10-15H2/p+1. The first-order chi connectivity index (χ1) is 14.6. The molecule has 3 aromatic rings.